The molecule has 0 spiro atoms. The summed E-state index contributed by atoms with van der Waals surface area (Å²) in [4.78, 5) is 17.4. The average molecular weight is 461 g/mol. The van der Waals surface area contributed by atoms with E-state index in [1.165, 1.54) is 17.7 Å². The predicted octanol–water partition coefficient (Wildman–Crippen LogP) is 5.13. The van der Waals surface area contributed by atoms with Gasteiger partial charge < -0.3 is 10.1 Å². The van der Waals surface area contributed by atoms with Crippen LogP contribution in [0.4, 0.5) is 4.39 Å². The third-order valence-electron chi connectivity index (χ3n) is 5.89. The maximum absolute atomic E-state index is 13.1. The van der Waals surface area contributed by atoms with Crippen LogP contribution in [0.3, 0.4) is 0 Å². The second-order valence-electron chi connectivity index (χ2n) is 8.39. The molecule has 0 atom stereocenters. The first-order valence-electron chi connectivity index (χ1n) is 11.5. The van der Waals surface area contributed by atoms with Gasteiger partial charge in [0.15, 0.2) is 5.65 Å². The monoisotopic (exact) mass is 460 g/mol. The number of ether oxygens (including phenoxy) is 1. The Morgan fingerprint density at radius 3 is 2.44 bits per heavy atom. The maximum atomic E-state index is 13.1. The SMILES string of the molecule is CCOc1nc2c(c(C)nn2-c2ccc(C)cc2)c(C)c1CCC(=O)NCc1ccc(F)cc1. The minimum absolute atomic E-state index is 0.0849. The molecule has 2 aromatic heterocycles. The summed E-state index contributed by atoms with van der Waals surface area (Å²) < 4.78 is 20.8. The highest BCUT2D eigenvalue weighted by Gasteiger charge is 2.20. The number of pyridine rings is 1. The van der Waals surface area contributed by atoms with Gasteiger partial charge in [-0.2, -0.15) is 10.1 Å². The van der Waals surface area contributed by atoms with Crippen LogP contribution in [0.5, 0.6) is 5.88 Å². The minimum Gasteiger partial charge on any atom is -0.478 e. The van der Waals surface area contributed by atoms with Gasteiger partial charge in [0, 0.05) is 23.9 Å². The Labute approximate surface area is 198 Å². The van der Waals surface area contributed by atoms with Crippen LogP contribution < -0.4 is 10.1 Å². The summed E-state index contributed by atoms with van der Waals surface area (Å²) in [5.41, 5.74) is 6.52. The normalized spacial score (nSPS) is 11.1. The van der Waals surface area contributed by atoms with E-state index in [9.17, 15) is 9.18 Å². The molecule has 0 unspecified atom stereocenters. The van der Waals surface area contributed by atoms with Crippen LogP contribution in [-0.4, -0.2) is 27.3 Å². The Morgan fingerprint density at radius 1 is 1.06 bits per heavy atom. The molecule has 7 heteroatoms. The van der Waals surface area contributed by atoms with Gasteiger partial charge >= 0.3 is 0 Å². The Balaban J connectivity index is 1.59. The van der Waals surface area contributed by atoms with E-state index in [-0.39, 0.29) is 11.7 Å². The molecule has 1 amide bonds. The average Bonchev–Trinajstić information content (AvgIpc) is 3.15. The Hall–Kier alpha value is -3.74. The number of carbonyl (C=O) groups excluding carboxylic acids is 1. The molecule has 4 rings (SSSR count). The van der Waals surface area contributed by atoms with Gasteiger partial charge in [-0.25, -0.2) is 9.07 Å². The molecule has 0 fully saturated rings. The Morgan fingerprint density at radius 2 is 1.76 bits per heavy atom. The van der Waals surface area contributed by atoms with Crippen LogP contribution in [0.1, 0.15) is 41.3 Å². The molecule has 0 bridgehead atoms. The molecule has 4 aromatic rings. The van der Waals surface area contributed by atoms with E-state index in [2.05, 4.69) is 5.32 Å². The lowest BCUT2D eigenvalue weighted by Gasteiger charge is -2.14. The van der Waals surface area contributed by atoms with Gasteiger partial charge in [-0.05, 0) is 69.5 Å². The molecule has 0 saturated heterocycles. The molecule has 0 aliphatic carbocycles. The van der Waals surface area contributed by atoms with E-state index in [0.29, 0.717) is 31.9 Å². The maximum Gasteiger partial charge on any atom is 0.220 e. The molecule has 0 saturated carbocycles. The predicted molar refractivity (Wildman–Crippen MR) is 131 cm³/mol. The number of aromatic nitrogens is 3. The van der Waals surface area contributed by atoms with Gasteiger partial charge in [-0.3, -0.25) is 4.79 Å². The van der Waals surface area contributed by atoms with E-state index >= 15 is 0 Å². The molecule has 0 aliphatic rings. The lowest BCUT2D eigenvalue weighted by atomic mass is 10.0. The van der Waals surface area contributed by atoms with Gasteiger partial charge in [-0.15, -0.1) is 0 Å². The molecule has 2 aromatic carbocycles. The van der Waals surface area contributed by atoms with Crippen molar-refractivity contribution in [2.75, 3.05) is 6.61 Å². The molecular formula is C27H29FN4O2. The van der Waals surface area contributed by atoms with Crippen LogP contribution in [-0.2, 0) is 17.8 Å². The van der Waals surface area contributed by atoms with Crippen molar-refractivity contribution in [1.82, 2.24) is 20.1 Å². The lowest BCUT2D eigenvalue weighted by Crippen LogP contribution is -2.23. The van der Waals surface area contributed by atoms with Gasteiger partial charge in [0.05, 0.1) is 18.0 Å². The standard InChI is InChI=1S/C27H29FN4O2/c1-5-34-27-23(14-15-24(33)29-16-20-8-10-21(28)11-9-20)18(3)25-19(4)31-32(26(25)30-27)22-12-6-17(2)7-13-22/h6-13H,5,14-16H2,1-4H3,(H,29,33). The van der Waals surface area contributed by atoms with Crippen molar-refractivity contribution in [1.29, 1.82) is 0 Å². The third-order valence-corrected chi connectivity index (χ3v) is 5.89. The molecule has 34 heavy (non-hydrogen) atoms. The van der Waals surface area contributed by atoms with E-state index in [4.69, 9.17) is 14.8 Å². The zero-order chi connectivity index (χ0) is 24.2. The first kappa shape index (κ1) is 23.4. The van der Waals surface area contributed by atoms with Crippen LogP contribution in [0, 0.1) is 26.6 Å². The number of amides is 1. The number of rotatable bonds is 8. The fourth-order valence-corrected chi connectivity index (χ4v) is 4.08. The van der Waals surface area contributed by atoms with Crippen LogP contribution in [0.2, 0.25) is 0 Å². The smallest absolute Gasteiger partial charge is 0.220 e. The molecule has 0 aliphatic heterocycles. The third kappa shape index (κ3) is 4.93. The summed E-state index contributed by atoms with van der Waals surface area (Å²) in [6.07, 6.45) is 0.787. The highest BCUT2D eigenvalue weighted by atomic mass is 19.1. The zero-order valence-corrected chi connectivity index (χ0v) is 20.0. The first-order chi connectivity index (χ1) is 16.4. The Bertz CT molecular complexity index is 1310. The fraction of sp³-hybridized carbons (Fsp3) is 0.296. The van der Waals surface area contributed by atoms with Crippen LogP contribution in [0.15, 0.2) is 48.5 Å². The van der Waals surface area contributed by atoms with E-state index in [1.54, 1.807) is 12.1 Å². The number of nitrogens with zero attached hydrogens (tertiary/aromatic N) is 3. The van der Waals surface area contributed by atoms with Crippen LogP contribution >= 0.6 is 0 Å². The molecule has 176 valence electrons. The fourth-order valence-electron chi connectivity index (χ4n) is 4.08. The van der Waals surface area contributed by atoms with Crippen molar-refractivity contribution >= 4 is 16.9 Å². The number of halogens is 1. The van der Waals surface area contributed by atoms with E-state index in [0.717, 1.165) is 39.1 Å². The van der Waals surface area contributed by atoms with Crippen molar-refractivity contribution in [2.45, 2.75) is 47.1 Å². The molecule has 0 radical (unpaired) electrons. The topological polar surface area (TPSA) is 69.0 Å². The van der Waals surface area contributed by atoms with Gasteiger partial charge in [0.25, 0.3) is 0 Å². The number of fused-ring (bicyclic) bond motifs is 1. The van der Waals surface area contributed by atoms with Crippen molar-refractivity contribution < 1.29 is 13.9 Å². The first-order valence-corrected chi connectivity index (χ1v) is 11.5. The van der Waals surface area contributed by atoms with Crippen molar-refractivity contribution in [3.63, 3.8) is 0 Å². The minimum atomic E-state index is -0.294. The summed E-state index contributed by atoms with van der Waals surface area (Å²) in [6.45, 7) is 8.81. The highest BCUT2D eigenvalue weighted by Crippen LogP contribution is 2.32. The van der Waals surface area contributed by atoms with Crippen molar-refractivity contribution in [3.8, 4) is 11.6 Å². The second-order valence-corrected chi connectivity index (χ2v) is 8.39. The number of carbonyl (C=O) groups is 1. The number of hydrogen-bond acceptors (Lipinski definition) is 4. The molecule has 1 N–H and O–H groups in total. The van der Waals surface area contributed by atoms with Gasteiger partial charge in [-0.1, -0.05) is 29.8 Å². The van der Waals surface area contributed by atoms with E-state index < -0.39 is 0 Å². The molecule has 6 nitrogen and oxygen atoms in total. The number of benzene rings is 2. The summed E-state index contributed by atoms with van der Waals surface area (Å²) in [5.74, 6) is 0.156. The van der Waals surface area contributed by atoms with Crippen LogP contribution in [0.25, 0.3) is 16.7 Å². The highest BCUT2D eigenvalue weighted by molar-refractivity contribution is 5.86. The van der Waals surface area contributed by atoms with Gasteiger partial charge in [0.2, 0.25) is 11.8 Å². The largest absolute Gasteiger partial charge is 0.478 e. The number of aryl methyl sites for hydroxylation is 3. The summed E-state index contributed by atoms with van der Waals surface area (Å²) in [6, 6.07) is 14.3. The van der Waals surface area contributed by atoms with Gasteiger partial charge in [0.1, 0.15) is 5.82 Å². The number of hydrogen-bond donors (Lipinski definition) is 1. The second kappa shape index (κ2) is 10.0. The zero-order valence-electron chi connectivity index (χ0n) is 20.0. The molecule has 2 heterocycles. The van der Waals surface area contributed by atoms with E-state index in [1.807, 2.05) is 56.6 Å². The Kier molecular flexibility index (Phi) is 6.91. The quantitative estimate of drug-likeness (QED) is 0.396. The summed E-state index contributed by atoms with van der Waals surface area (Å²) >= 11 is 0. The lowest BCUT2D eigenvalue weighted by molar-refractivity contribution is -0.121. The van der Waals surface area contributed by atoms with Crippen molar-refractivity contribution in [2.24, 2.45) is 0 Å². The molecular weight excluding hydrogens is 431 g/mol. The summed E-state index contributed by atoms with van der Waals surface area (Å²) in [5, 5.41) is 8.63. The summed E-state index contributed by atoms with van der Waals surface area (Å²) in [7, 11) is 0. The number of nitrogens with one attached hydrogen (secondary N) is 1. The van der Waals surface area contributed by atoms with Crippen molar-refractivity contribution in [3.05, 3.63) is 82.3 Å².